The van der Waals surface area contributed by atoms with Crippen LogP contribution < -0.4 is 48.3 Å². The summed E-state index contributed by atoms with van der Waals surface area (Å²) in [4.78, 5) is 154. The zero-order valence-electron chi connectivity index (χ0n) is 51.3. The van der Waals surface area contributed by atoms with Crippen molar-refractivity contribution in [1.29, 1.82) is 5.41 Å². The van der Waals surface area contributed by atoms with Crippen molar-refractivity contribution in [2.75, 3.05) is 117 Å². The Labute approximate surface area is 531 Å². The van der Waals surface area contributed by atoms with Crippen LogP contribution in [0.25, 0.3) is 10.8 Å². The molecule has 0 bridgehead atoms. The fraction of sp³-hybridized carbons (Fsp3) is 0.452. The van der Waals surface area contributed by atoms with Gasteiger partial charge in [-0.25, -0.2) is 0 Å². The van der Waals surface area contributed by atoms with Crippen molar-refractivity contribution in [1.82, 2.24) is 61.7 Å². The number of carbonyl (C=O) groups excluding carboxylic acids is 8. The number of phenolic OH excluding ortho intramolecular Hbond substituents is 1. The highest BCUT2D eigenvalue weighted by molar-refractivity contribution is 5.98. The lowest BCUT2D eigenvalue weighted by molar-refractivity contribution is -0.142. The fourth-order valence-corrected chi connectivity index (χ4v) is 10.5. The molecule has 30 nitrogen and oxygen atoms in total. The molecule has 15 N–H and O–H groups in total. The highest BCUT2D eigenvalue weighted by Gasteiger charge is 2.36. The maximum absolute atomic E-state index is 14.7. The highest BCUT2D eigenvalue weighted by Crippen LogP contribution is 2.19. The number of carboxylic acids is 3. The van der Waals surface area contributed by atoms with Gasteiger partial charge in [0, 0.05) is 110 Å². The van der Waals surface area contributed by atoms with Crippen LogP contribution in [0.15, 0.2) is 91.0 Å². The molecule has 92 heavy (non-hydrogen) atoms. The summed E-state index contributed by atoms with van der Waals surface area (Å²) in [6.07, 6.45) is 0.0227. The number of nitrogens with zero attached hydrogens (tertiary/aromatic N) is 5. The van der Waals surface area contributed by atoms with Gasteiger partial charge in [-0.15, -0.1) is 0 Å². The molecule has 0 aromatic heterocycles. The third-order valence-corrected chi connectivity index (χ3v) is 15.5. The summed E-state index contributed by atoms with van der Waals surface area (Å²) in [5, 5.41) is 69.7. The van der Waals surface area contributed by atoms with Crippen LogP contribution in [0.2, 0.25) is 0 Å². The van der Waals surface area contributed by atoms with E-state index in [-0.39, 0.29) is 160 Å². The number of amides is 8. The predicted octanol–water partition coefficient (Wildman–Crippen LogP) is -1.86. The van der Waals surface area contributed by atoms with Crippen LogP contribution in [0.5, 0.6) is 5.75 Å². The van der Waals surface area contributed by atoms with Crippen molar-refractivity contribution in [2.24, 2.45) is 5.73 Å². The molecule has 2 heterocycles. The number of phenols is 1. The Hall–Kier alpha value is -9.78. The van der Waals surface area contributed by atoms with Gasteiger partial charge in [-0.05, 0) is 84.0 Å². The van der Waals surface area contributed by atoms with Gasteiger partial charge in [0.1, 0.15) is 29.9 Å². The molecule has 30 heteroatoms. The maximum atomic E-state index is 14.7. The molecular formula is C62H83N15O15. The molecule has 2 saturated heterocycles. The number of hydrogen-bond donors (Lipinski definition) is 14. The van der Waals surface area contributed by atoms with Crippen LogP contribution in [0.3, 0.4) is 0 Å². The topological polar surface area (TPSA) is 431 Å². The number of carboxylic acid groups (broad SMARTS) is 3. The van der Waals surface area contributed by atoms with Crippen LogP contribution in [0.4, 0.5) is 5.69 Å². The standard InChI is InChI=1S/C62H83N15O15/c1-73-50(9-5-21-66-57(88)43-14-16-45(17-15-43)69-51(79)20-23-65-53(81)36-74-24-26-75(37-54(82)83)28-30-77(39-56(86)87)31-29-76(27-25-74)38-55(84)85)60(91)71-47(8-4-22-67-62(63)64)59(90)72-48(34-41-10-13-42-6-2-3-7-44(42)32-41)58(89)68-35-52(80)70-49(61(73)92)33-40-11-18-46(78)19-12-40/h2-3,6-7,10-19,32,47-50,78H,4-5,8-9,20-31,33-39H2,1H3,(H,65,81)(H,66,88)(H,68,89)(H,69,79)(H,70,80)(H,71,91)(H,72,90)(H,82,83)(H,84,85)(H,86,87)(H4,63,64,67)/t47-,48-,49+,50+/m0/s1. The molecule has 0 aliphatic carbocycles. The van der Waals surface area contributed by atoms with Crippen molar-refractivity contribution < 1.29 is 73.2 Å². The Morgan fingerprint density at radius 1 is 0.565 bits per heavy atom. The van der Waals surface area contributed by atoms with Crippen molar-refractivity contribution in [3.05, 3.63) is 108 Å². The number of anilines is 1. The van der Waals surface area contributed by atoms with Crippen LogP contribution in [-0.4, -0.2) is 252 Å². The number of aromatic hydroxyl groups is 1. The van der Waals surface area contributed by atoms with Gasteiger partial charge in [0.2, 0.25) is 41.4 Å². The van der Waals surface area contributed by atoms with E-state index in [4.69, 9.17) is 11.1 Å². The smallest absolute Gasteiger partial charge is 0.317 e. The molecule has 0 unspecified atom stereocenters. The van der Waals surface area contributed by atoms with Crippen LogP contribution >= 0.6 is 0 Å². The number of hydrogen-bond acceptors (Lipinski definition) is 17. The molecule has 2 fully saturated rings. The van der Waals surface area contributed by atoms with Crippen LogP contribution in [0, 0.1) is 5.41 Å². The molecule has 0 spiro atoms. The molecule has 2 aliphatic rings. The van der Waals surface area contributed by atoms with Gasteiger partial charge in [0.05, 0.1) is 32.7 Å². The van der Waals surface area contributed by atoms with Crippen molar-refractivity contribution in [3.63, 3.8) is 0 Å². The first-order chi connectivity index (χ1) is 44.0. The summed E-state index contributed by atoms with van der Waals surface area (Å²) in [5.41, 5.74) is 7.29. The van der Waals surface area contributed by atoms with Gasteiger partial charge in [-0.2, -0.15) is 0 Å². The van der Waals surface area contributed by atoms with Gasteiger partial charge in [0.15, 0.2) is 5.96 Å². The Bertz CT molecular complexity index is 3210. The minimum absolute atomic E-state index is 0.00529. The maximum Gasteiger partial charge on any atom is 0.317 e. The number of nitrogens with two attached hydrogens (primary N) is 1. The number of nitrogens with one attached hydrogen (secondary N) is 9. The number of benzene rings is 4. The number of fused-ring (bicyclic) bond motifs is 1. The number of rotatable bonds is 25. The Morgan fingerprint density at radius 2 is 1.10 bits per heavy atom. The number of guanidine groups is 1. The molecule has 496 valence electrons. The molecule has 4 aromatic rings. The average Bonchev–Trinajstić information content (AvgIpc) is 1.59. The molecule has 8 amide bonds. The van der Waals surface area contributed by atoms with Crippen molar-refractivity contribution in [3.8, 4) is 5.75 Å². The average molecular weight is 1280 g/mol. The summed E-state index contributed by atoms with van der Waals surface area (Å²) in [6, 6.07) is 19.9. The van der Waals surface area contributed by atoms with E-state index in [1.165, 1.54) is 43.4 Å². The van der Waals surface area contributed by atoms with Crippen molar-refractivity contribution in [2.45, 2.75) is 69.1 Å². The molecule has 0 radical (unpaired) electrons. The molecule has 6 rings (SSSR count). The van der Waals surface area contributed by atoms with Gasteiger partial charge >= 0.3 is 17.9 Å². The van der Waals surface area contributed by atoms with Crippen molar-refractivity contribution >= 4 is 87.6 Å². The first-order valence-electron chi connectivity index (χ1n) is 30.3. The molecule has 4 aromatic carbocycles. The third-order valence-electron chi connectivity index (χ3n) is 15.5. The first-order valence-corrected chi connectivity index (χ1v) is 30.3. The summed E-state index contributed by atoms with van der Waals surface area (Å²) >= 11 is 0. The molecule has 0 saturated carbocycles. The van der Waals surface area contributed by atoms with E-state index in [1.54, 1.807) is 31.7 Å². The lowest BCUT2D eigenvalue weighted by atomic mass is 10.00. The zero-order valence-corrected chi connectivity index (χ0v) is 51.3. The predicted molar refractivity (Wildman–Crippen MR) is 337 cm³/mol. The quantitative estimate of drug-likeness (QED) is 0.0196. The highest BCUT2D eigenvalue weighted by atomic mass is 16.4. The van der Waals surface area contributed by atoms with Gasteiger partial charge in [0.25, 0.3) is 5.91 Å². The van der Waals surface area contributed by atoms with E-state index >= 15 is 0 Å². The van der Waals surface area contributed by atoms with Crippen LogP contribution in [-0.2, 0) is 60.8 Å². The van der Waals surface area contributed by atoms with Crippen LogP contribution in [0.1, 0.15) is 53.6 Å². The molecule has 2 aliphatic heterocycles. The van der Waals surface area contributed by atoms with E-state index in [1.807, 2.05) is 42.5 Å². The second-order valence-corrected chi connectivity index (χ2v) is 22.6. The van der Waals surface area contributed by atoms with E-state index in [9.17, 15) is 73.2 Å². The fourth-order valence-electron chi connectivity index (χ4n) is 10.5. The number of likely N-dealkylation sites (N-methyl/N-ethyl adjacent to an activating group) is 1. The van der Waals surface area contributed by atoms with Gasteiger partial charge in [-0.1, -0.05) is 54.6 Å². The SMILES string of the molecule is CN1C(=O)[C@@H](Cc2ccc(O)cc2)NC(=O)CNC(=O)[C@H](Cc2ccc3ccccc3c2)NC(=O)[C@H](CCCNC(=N)N)NC(=O)[C@H]1CCCNC(=O)c1ccc(NC(=O)CCNC(=O)CN2CCN(CC(=O)O)CCN(CC(=O)O)CCN(CC(=O)O)CC2)cc1. The van der Waals surface area contributed by atoms with E-state index in [0.29, 0.717) is 16.8 Å². The Kier molecular flexibility index (Phi) is 28.0. The zero-order chi connectivity index (χ0) is 66.7. The normalized spacial score (nSPS) is 19.1. The Balaban J connectivity index is 1.08. The summed E-state index contributed by atoms with van der Waals surface area (Å²) in [5.74, 6) is -8.67. The minimum Gasteiger partial charge on any atom is -0.508 e. The monoisotopic (exact) mass is 1280 g/mol. The molecular weight excluding hydrogens is 1190 g/mol. The van der Waals surface area contributed by atoms with E-state index < -0.39 is 95.9 Å². The summed E-state index contributed by atoms with van der Waals surface area (Å²) < 4.78 is 0. The summed E-state index contributed by atoms with van der Waals surface area (Å²) in [6.45, 7) is 0.183. The van der Waals surface area contributed by atoms with Gasteiger partial charge in [-0.3, -0.25) is 77.7 Å². The second kappa shape index (κ2) is 36.2. The molecule has 4 atom stereocenters. The van der Waals surface area contributed by atoms with E-state index in [0.717, 1.165) is 15.7 Å². The number of aliphatic carboxylic acids is 3. The van der Waals surface area contributed by atoms with E-state index in [2.05, 4.69) is 42.5 Å². The minimum atomic E-state index is -1.30. The largest absolute Gasteiger partial charge is 0.508 e. The first kappa shape index (κ1) is 71.3. The number of carbonyl (C=O) groups is 11. The second-order valence-electron chi connectivity index (χ2n) is 22.6. The lowest BCUT2D eigenvalue weighted by Gasteiger charge is -2.32. The van der Waals surface area contributed by atoms with Gasteiger partial charge < -0.3 is 73.6 Å². The lowest BCUT2D eigenvalue weighted by Crippen LogP contribution is -2.58. The summed E-state index contributed by atoms with van der Waals surface area (Å²) in [7, 11) is 1.37. The Morgan fingerprint density at radius 3 is 1.68 bits per heavy atom. The third kappa shape index (κ3) is 24.5.